The maximum absolute atomic E-state index is 12.6. The highest BCUT2D eigenvalue weighted by Crippen LogP contribution is 2.28. The van der Waals surface area contributed by atoms with Crippen molar-refractivity contribution >= 4 is 56.8 Å². The Morgan fingerprint density at radius 3 is 2.61 bits per heavy atom. The number of aromatic nitrogens is 2. The average molecular weight is 487 g/mol. The summed E-state index contributed by atoms with van der Waals surface area (Å²) in [7, 11) is 0. The summed E-state index contributed by atoms with van der Waals surface area (Å²) in [5.41, 5.74) is 1.09. The van der Waals surface area contributed by atoms with Crippen LogP contribution in [-0.4, -0.2) is 28.4 Å². The van der Waals surface area contributed by atoms with Gasteiger partial charge in [0.1, 0.15) is 0 Å². The first kappa shape index (κ1) is 22.0. The minimum Gasteiger partial charge on any atom is -0.360 e. The SMILES string of the molecule is O=C(CCSc1nnc(NCCc2cccs2)s1)NC(c1ccccc1)c1cccs1. The molecule has 5 nitrogen and oxygen atoms in total. The van der Waals surface area contributed by atoms with Gasteiger partial charge in [0, 0.05) is 28.5 Å². The highest BCUT2D eigenvalue weighted by Gasteiger charge is 2.17. The molecule has 1 atom stereocenters. The molecule has 1 unspecified atom stereocenters. The van der Waals surface area contributed by atoms with Gasteiger partial charge in [-0.3, -0.25) is 4.79 Å². The molecule has 0 aliphatic heterocycles. The number of thiophene rings is 2. The van der Waals surface area contributed by atoms with Crippen LogP contribution in [0.3, 0.4) is 0 Å². The van der Waals surface area contributed by atoms with Crippen molar-refractivity contribution < 1.29 is 4.79 Å². The van der Waals surface area contributed by atoms with E-state index >= 15 is 0 Å². The van der Waals surface area contributed by atoms with Crippen molar-refractivity contribution in [3.8, 4) is 0 Å². The molecule has 31 heavy (non-hydrogen) atoms. The highest BCUT2D eigenvalue weighted by molar-refractivity contribution is 8.01. The van der Waals surface area contributed by atoms with Crippen LogP contribution in [0.15, 0.2) is 69.7 Å². The van der Waals surface area contributed by atoms with E-state index in [4.69, 9.17) is 0 Å². The van der Waals surface area contributed by atoms with Gasteiger partial charge in [0.25, 0.3) is 0 Å². The van der Waals surface area contributed by atoms with Crippen molar-refractivity contribution in [3.63, 3.8) is 0 Å². The van der Waals surface area contributed by atoms with Gasteiger partial charge >= 0.3 is 0 Å². The predicted molar refractivity (Wildman–Crippen MR) is 133 cm³/mol. The Labute approximate surface area is 198 Å². The standard InChI is InChI=1S/C22H22N4OS4/c27-19(24-20(18-9-5-14-29-18)16-6-2-1-3-7-16)11-15-30-22-26-25-21(31-22)23-12-10-17-8-4-13-28-17/h1-9,13-14,20H,10-12,15H2,(H,23,25)(H,24,27). The van der Waals surface area contributed by atoms with Crippen LogP contribution in [0, 0.1) is 0 Å². The lowest BCUT2D eigenvalue weighted by Crippen LogP contribution is -2.29. The maximum atomic E-state index is 12.6. The molecular weight excluding hydrogens is 465 g/mol. The van der Waals surface area contributed by atoms with E-state index in [1.807, 2.05) is 41.8 Å². The molecule has 0 radical (unpaired) electrons. The molecule has 0 fully saturated rings. The third-order valence-corrected chi connectivity index (χ3v) is 8.34. The first-order valence-corrected chi connectivity index (χ1v) is 13.4. The third kappa shape index (κ3) is 6.64. The molecule has 9 heteroatoms. The molecule has 2 N–H and O–H groups in total. The fourth-order valence-corrected chi connectivity index (χ4v) is 6.27. The molecule has 160 valence electrons. The number of nitrogens with one attached hydrogen (secondary N) is 2. The van der Waals surface area contributed by atoms with Crippen LogP contribution in [0.5, 0.6) is 0 Å². The summed E-state index contributed by atoms with van der Waals surface area (Å²) in [5.74, 6) is 0.704. The normalized spacial score (nSPS) is 11.9. The van der Waals surface area contributed by atoms with Crippen molar-refractivity contribution in [3.05, 3.63) is 80.7 Å². The summed E-state index contributed by atoms with van der Waals surface area (Å²) >= 11 is 6.52. The van der Waals surface area contributed by atoms with E-state index in [-0.39, 0.29) is 11.9 Å². The Kier molecular flexibility index (Phi) is 8.11. The second kappa shape index (κ2) is 11.4. The minimum atomic E-state index is -0.112. The van der Waals surface area contributed by atoms with E-state index in [9.17, 15) is 4.79 Å². The molecule has 0 aliphatic rings. The number of hydrogen-bond donors (Lipinski definition) is 2. The number of thioether (sulfide) groups is 1. The van der Waals surface area contributed by atoms with Crippen LogP contribution in [-0.2, 0) is 11.2 Å². The number of amides is 1. The van der Waals surface area contributed by atoms with E-state index in [0.29, 0.717) is 12.2 Å². The Morgan fingerprint density at radius 1 is 1.00 bits per heavy atom. The second-order valence-corrected chi connectivity index (χ2v) is 11.0. The smallest absolute Gasteiger partial charge is 0.221 e. The molecule has 0 saturated heterocycles. The zero-order chi connectivity index (χ0) is 21.3. The molecule has 0 spiro atoms. The summed E-state index contributed by atoms with van der Waals surface area (Å²) in [5, 5.41) is 19.9. The zero-order valence-electron chi connectivity index (χ0n) is 16.7. The van der Waals surface area contributed by atoms with Gasteiger partial charge < -0.3 is 10.6 Å². The molecule has 0 saturated carbocycles. The maximum Gasteiger partial charge on any atom is 0.221 e. The van der Waals surface area contributed by atoms with Crippen LogP contribution in [0.4, 0.5) is 5.13 Å². The topological polar surface area (TPSA) is 66.9 Å². The van der Waals surface area contributed by atoms with E-state index < -0.39 is 0 Å². The lowest BCUT2D eigenvalue weighted by molar-refractivity contribution is -0.121. The minimum absolute atomic E-state index is 0.0357. The molecule has 3 heterocycles. The first-order valence-electron chi connectivity index (χ1n) is 9.88. The number of rotatable bonds is 11. The molecule has 1 amide bonds. The Balaban J connectivity index is 1.23. The quantitative estimate of drug-likeness (QED) is 0.266. The van der Waals surface area contributed by atoms with Crippen molar-refractivity contribution in [1.82, 2.24) is 15.5 Å². The molecule has 4 rings (SSSR count). The molecule has 3 aromatic heterocycles. The van der Waals surface area contributed by atoms with Gasteiger partial charge in [0.2, 0.25) is 11.0 Å². The van der Waals surface area contributed by atoms with Gasteiger partial charge in [-0.15, -0.1) is 32.9 Å². The van der Waals surface area contributed by atoms with Crippen LogP contribution in [0.25, 0.3) is 0 Å². The van der Waals surface area contributed by atoms with Gasteiger partial charge in [-0.25, -0.2) is 0 Å². The number of nitrogens with zero attached hydrogens (tertiary/aromatic N) is 2. The summed E-state index contributed by atoms with van der Waals surface area (Å²) in [6, 6.07) is 18.3. The molecule has 0 bridgehead atoms. The van der Waals surface area contributed by atoms with Crippen molar-refractivity contribution in [2.24, 2.45) is 0 Å². The monoisotopic (exact) mass is 486 g/mol. The third-order valence-electron chi connectivity index (χ3n) is 4.45. The largest absolute Gasteiger partial charge is 0.360 e. The van der Waals surface area contributed by atoms with Gasteiger partial charge in [-0.05, 0) is 34.9 Å². The Morgan fingerprint density at radius 2 is 1.84 bits per heavy atom. The number of benzene rings is 1. The van der Waals surface area contributed by atoms with Crippen molar-refractivity contribution in [2.45, 2.75) is 23.2 Å². The molecular formula is C22H22N4OS4. The summed E-state index contributed by atoms with van der Waals surface area (Å²) < 4.78 is 0.879. The predicted octanol–water partition coefficient (Wildman–Crippen LogP) is 5.70. The Bertz CT molecular complexity index is 1050. The van der Waals surface area contributed by atoms with Crippen LogP contribution >= 0.6 is 45.8 Å². The number of carbonyl (C=O) groups is 1. The van der Waals surface area contributed by atoms with Crippen LogP contribution in [0.1, 0.15) is 27.8 Å². The highest BCUT2D eigenvalue weighted by atomic mass is 32.2. The second-order valence-electron chi connectivity index (χ2n) is 6.65. The number of carbonyl (C=O) groups excluding carboxylic acids is 1. The number of anilines is 1. The average Bonchev–Trinajstić information content (AvgIpc) is 3.56. The van der Waals surface area contributed by atoms with Crippen molar-refractivity contribution in [1.29, 1.82) is 0 Å². The molecule has 0 aliphatic carbocycles. The van der Waals surface area contributed by atoms with Gasteiger partial charge in [-0.1, -0.05) is 65.6 Å². The fraction of sp³-hybridized carbons (Fsp3) is 0.227. The zero-order valence-corrected chi connectivity index (χ0v) is 20.0. The molecule has 1 aromatic carbocycles. The van der Waals surface area contributed by atoms with Crippen LogP contribution < -0.4 is 10.6 Å². The lowest BCUT2D eigenvalue weighted by Gasteiger charge is -2.18. The van der Waals surface area contributed by atoms with Gasteiger partial charge in [0.15, 0.2) is 4.34 Å². The fourth-order valence-electron chi connectivity index (χ4n) is 2.97. The van der Waals surface area contributed by atoms with Gasteiger partial charge in [0.05, 0.1) is 6.04 Å². The van der Waals surface area contributed by atoms with Crippen LogP contribution in [0.2, 0.25) is 0 Å². The lowest BCUT2D eigenvalue weighted by atomic mass is 10.1. The summed E-state index contributed by atoms with van der Waals surface area (Å²) in [6.45, 7) is 0.839. The van der Waals surface area contributed by atoms with E-state index in [0.717, 1.165) is 32.9 Å². The summed E-state index contributed by atoms with van der Waals surface area (Å²) in [6.07, 6.45) is 1.41. The van der Waals surface area contributed by atoms with Gasteiger partial charge in [-0.2, -0.15) is 0 Å². The van der Waals surface area contributed by atoms with E-state index in [2.05, 4.69) is 44.4 Å². The first-order chi connectivity index (χ1) is 15.3. The van der Waals surface area contributed by atoms with Crippen molar-refractivity contribution in [2.75, 3.05) is 17.6 Å². The summed E-state index contributed by atoms with van der Waals surface area (Å²) in [4.78, 5) is 15.1. The van der Waals surface area contributed by atoms with E-state index in [1.54, 1.807) is 34.4 Å². The molecule has 4 aromatic rings. The number of hydrogen-bond acceptors (Lipinski definition) is 8. The van der Waals surface area contributed by atoms with E-state index in [1.165, 1.54) is 16.2 Å². The Hall–Kier alpha value is -2.20.